The second kappa shape index (κ2) is 9.53. The Bertz CT molecular complexity index is 678. The van der Waals surface area contributed by atoms with Gasteiger partial charge >= 0.3 is 0 Å². The van der Waals surface area contributed by atoms with E-state index in [-0.39, 0.29) is 5.91 Å². The van der Waals surface area contributed by atoms with Gasteiger partial charge in [0.1, 0.15) is 5.75 Å². The van der Waals surface area contributed by atoms with E-state index in [9.17, 15) is 4.79 Å². The Kier molecular flexibility index (Phi) is 7.05. The first-order chi connectivity index (χ1) is 11.7. The fourth-order valence-corrected chi connectivity index (χ4v) is 2.24. The van der Waals surface area contributed by atoms with Crippen LogP contribution in [0.15, 0.2) is 54.6 Å². The Hall–Kier alpha value is -2.59. The molecule has 126 valence electrons. The van der Waals surface area contributed by atoms with Gasteiger partial charge < -0.3 is 14.8 Å². The molecule has 0 heterocycles. The van der Waals surface area contributed by atoms with Gasteiger partial charge in [0, 0.05) is 25.3 Å². The van der Waals surface area contributed by atoms with Crippen molar-refractivity contribution in [1.82, 2.24) is 5.32 Å². The number of nitrogens with one attached hydrogen (secondary N) is 1. The fraction of sp³-hybridized carbons (Fsp3) is 0.250. The van der Waals surface area contributed by atoms with E-state index in [1.54, 1.807) is 13.2 Å². The van der Waals surface area contributed by atoms with E-state index in [1.807, 2.05) is 55.5 Å². The molecule has 0 atom stereocenters. The second-order valence-corrected chi connectivity index (χ2v) is 5.27. The molecule has 0 unspecified atom stereocenters. The van der Waals surface area contributed by atoms with E-state index in [2.05, 4.69) is 5.32 Å². The van der Waals surface area contributed by atoms with Crippen LogP contribution in [0.5, 0.6) is 5.75 Å². The van der Waals surface area contributed by atoms with Crippen molar-refractivity contribution in [2.24, 2.45) is 0 Å². The molecule has 24 heavy (non-hydrogen) atoms. The molecule has 4 heteroatoms. The third-order valence-electron chi connectivity index (χ3n) is 3.43. The van der Waals surface area contributed by atoms with Crippen LogP contribution in [-0.4, -0.2) is 19.6 Å². The summed E-state index contributed by atoms with van der Waals surface area (Å²) in [5.41, 5.74) is 3.05. The zero-order valence-electron chi connectivity index (χ0n) is 14.1. The summed E-state index contributed by atoms with van der Waals surface area (Å²) in [6, 6.07) is 15.6. The van der Waals surface area contributed by atoms with Gasteiger partial charge in [0.05, 0.1) is 13.2 Å². The number of carbonyl (C=O) groups is 1. The molecule has 0 bridgehead atoms. The highest BCUT2D eigenvalue weighted by atomic mass is 16.5. The SMILES string of the molecule is CCOc1ccccc1/C=C/C(=O)NCc1ccc(COC)cc1. The molecule has 0 aliphatic rings. The van der Waals surface area contributed by atoms with Crippen LogP contribution in [0.1, 0.15) is 23.6 Å². The van der Waals surface area contributed by atoms with Gasteiger partial charge in [0.15, 0.2) is 0 Å². The number of carbonyl (C=O) groups excluding carboxylic acids is 1. The number of hydrogen-bond acceptors (Lipinski definition) is 3. The zero-order chi connectivity index (χ0) is 17.2. The van der Waals surface area contributed by atoms with Gasteiger partial charge in [0.25, 0.3) is 0 Å². The topological polar surface area (TPSA) is 47.6 Å². The van der Waals surface area contributed by atoms with E-state index in [0.717, 1.165) is 22.4 Å². The van der Waals surface area contributed by atoms with Crippen LogP contribution in [-0.2, 0) is 22.7 Å². The number of rotatable bonds is 8. The second-order valence-electron chi connectivity index (χ2n) is 5.27. The normalized spacial score (nSPS) is 10.8. The fourth-order valence-electron chi connectivity index (χ4n) is 2.24. The summed E-state index contributed by atoms with van der Waals surface area (Å²) in [4.78, 5) is 12.0. The summed E-state index contributed by atoms with van der Waals surface area (Å²) in [5, 5.41) is 2.87. The van der Waals surface area contributed by atoms with E-state index < -0.39 is 0 Å². The molecule has 0 aromatic heterocycles. The van der Waals surface area contributed by atoms with Gasteiger partial charge in [0.2, 0.25) is 5.91 Å². The molecule has 0 fully saturated rings. The Labute approximate surface area is 143 Å². The highest BCUT2D eigenvalue weighted by Gasteiger charge is 2.01. The van der Waals surface area contributed by atoms with Gasteiger partial charge in [-0.25, -0.2) is 0 Å². The Morgan fingerprint density at radius 3 is 2.50 bits per heavy atom. The van der Waals surface area contributed by atoms with Crippen LogP contribution in [0.3, 0.4) is 0 Å². The maximum Gasteiger partial charge on any atom is 0.244 e. The quantitative estimate of drug-likeness (QED) is 0.755. The summed E-state index contributed by atoms with van der Waals surface area (Å²) in [5.74, 6) is 0.639. The van der Waals surface area contributed by atoms with Crippen molar-refractivity contribution >= 4 is 12.0 Å². The van der Waals surface area contributed by atoms with Crippen LogP contribution < -0.4 is 10.1 Å². The summed E-state index contributed by atoms with van der Waals surface area (Å²) in [7, 11) is 1.67. The van der Waals surface area contributed by atoms with Crippen molar-refractivity contribution < 1.29 is 14.3 Å². The first kappa shape index (κ1) is 17.8. The van der Waals surface area contributed by atoms with Crippen molar-refractivity contribution in [2.45, 2.75) is 20.1 Å². The van der Waals surface area contributed by atoms with Gasteiger partial charge in [-0.15, -0.1) is 0 Å². The van der Waals surface area contributed by atoms with Crippen molar-refractivity contribution in [3.8, 4) is 5.75 Å². The largest absolute Gasteiger partial charge is 0.493 e. The van der Waals surface area contributed by atoms with Crippen LogP contribution >= 0.6 is 0 Å². The Balaban J connectivity index is 1.89. The zero-order valence-corrected chi connectivity index (χ0v) is 14.1. The van der Waals surface area contributed by atoms with Crippen LogP contribution in [0.2, 0.25) is 0 Å². The maximum atomic E-state index is 12.0. The van der Waals surface area contributed by atoms with Gasteiger partial charge in [-0.1, -0.05) is 42.5 Å². The first-order valence-electron chi connectivity index (χ1n) is 7.97. The molecule has 2 aromatic rings. The molecule has 0 saturated carbocycles. The predicted octanol–water partition coefficient (Wildman–Crippen LogP) is 3.56. The van der Waals surface area contributed by atoms with Crippen molar-refractivity contribution in [2.75, 3.05) is 13.7 Å². The third-order valence-corrected chi connectivity index (χ3v) is 3.43. The van der Waals surface area contributed by atoms with Crippen molar-refractivity contribution in [3.05, 3.63) is 71.3 Å². The number of para-hydroxylation sites is 1. The highest BCUT2D eigenvalue weighted by Crippen LogP contribution is 2.19. The van der Waals surface area contributed by atoms with Crippen LogP contribution in [0.4, 0.5) is 0 Å². The lowest BCUT2D eigenvalue weighted by Gasteiger charge is -2.06. The molecule has 0 aliphatic heterocycles. The number of methoxy groups -OCH3 is 1. The maximum absolute atomic E-state index is 12.0. The Morgan fingerprint density at radius 1 is 1.08 bits per heavy atom. The minimum Gasteiger partial charge on any atom is -0.493 e. The molecule has 4 nitrogen and oxygen atoms in total. The molecule has 0 spiro atoms. The molecule has 2 rings (SSSR count). The lowest BCUT2D eigenvalue weighted by atomic mass is 10.1. The van der Waals surface area contributed by atoms with Crippen LogP contribution in [0, 0.1) is 0 Å². The number of benzene rings is 2. The molecule has 2 aromatic carbocycles. The monoisotopic (exact) mass is 325 g/mol. The van der Waals surface area contributed by atoms with Gasteiger partial charge in [-0.05, 0) is 30.2 Å². The average Bonchev–Trinajstić information content (AvgIpc) is 2.61. The highest BCUT2D eigenvalue weighted by molar-refractivity contribution is 5.92. The molecule has 1 N–H and O–H groups in total. The summed E-state index contributed by atoms with van der Waals surface area (Å²) in [6.45, 7) is 3.61. The molecule has 0 radical (unpaired) electrons. The molecule has 0 aliphatic carbocycles. The summed E-state index contributed by atoms with van der Waals surface area (Å²) < 4.78 is 10.6. The third kappa shape index (κ3) is 5.56. The summed E-state index contributed by atoms with van der Waals surface area (Å²) in [6.07, 6.45) is 3.29. The first-order valence-corrected chi connectivity index (χ1v) is 7.97. The molecule has 0 saturated heterocycles. The van der Waals surface area contributed by atoms with E-state index in [1.165, 1.54) is 6.08 Å². The van der Waals surface area contributed by atoms with Crippen molar-refractivity contribution in [3.63, 3.8) is 0 Å². The lowest BCUT2D eigenvalue weighted by molar-refractivity contribution is -0.116. The standard InChI is InChI=1S/C20H23NO3/c1-3-24-19-7-5-4-6-18(19)12-13-20(22)21-14-16-8-10-17(11-9-16)15-23-2/h4-13H,3,14-15H2,1-2H3,(H,21,22)/b13-12+. The predicted molar refractivity (Wildman–Crippen MR) is 95.6 cm³/mol. The number of hydrogen-bond donors (Lipinski definition) is 1. The molecule has 1 amide bonds. The molecular formula is C20H23NO3. The van der Waals surface area contributed by atoms with Gasteiger partial charge in [-0.2, -0.15) is 0 Å². The minimum atomic E-state index is -0.137. The van der Waals surface area contributed by atoms with E-state index in [4.69, 9.17) is 9.47 Å². The van der Waals surface area contributed by atoms with Crippen molar-refractivity contribution in [1.29, 1.82) is 0 Å². The van der Waals surface area contributed by atoms with Gasteiger partial charge in [-0.3, -0.25) is 4.79 Å². The minimum absolute atomic E-state index is 0.137. The molecular weight excluding hydrogens is 302 g/mol. The summed E-state index contributed by atoms with van der Waals surface area (Å²) >= 11 is 0. The average molecular weight is 325 g/mol. The van der Waals surface area contributed by atoms with E-state index in [0.29, 0.717) is 19.8 Å². The smallest absolute Gasteiger partial charge is 0.244 e. The van der Waals surface area contributed by atoms with Crippen LogP contribution in [0.25, 0.3) is 6.08 Å². The number of amides is 1. The lowest BCUT2D eigenvalue weighted by Crippen LogP contribution is -2.20. The number of ether oxygens (including phenoxy) is 2. The van der Waals surface area contributed by atoms with E-state index >= 15 is 0 Å². The Morgan fingerprint density at radius 2 is 1.79 bits per heavy atom.